The van der Waals surface area contributed by atoms with E-state index in [-0.39, 0.29) is 5.82 Å². The second-order valence-corrected chi connectivity index (χ2v) is 2.76. The first-order valence-electron chi connectivity index (χ1n) is 3.99. The Labute approximate surface area is 81.9 Å². The Morgan fingerprint density at radius 1 is 1.57 bits per heavy atom. The van der Waals surface area contributed by atoms with Crippen molar-refractivity contribution in [3.8, 4) is 0 Å². The molecular weight excluding hydrogens is 184 g/mol. The van der Waals surface area contributed by atoms with Crippen LogP contribution in [0.1, 0.15) is 10.6 Å². The van der Waals surface area contributed by atoms with E-state index < -0.39 is 5.97 Å². The molecule has 0 spiro atoms. The summed E-state index contributed by atoms with van der Waals surface area (Å²) in [5.74, 6) is 0.0390. The fraction of sp³-hybridized carbons (Fsp3) is 0.375. The average molecular weight is 196 g/mol. The van der Waals surface area contributed by atoms with E-state index in [1.807, 2.05) is 14.1 Å². The first-order chi connectivity index (χ1) is 6.63. The summed E-state index contributed by atoms with van der Waals surface area (Å²) in [5.41, 5.74) is 2.90. The first-order valence-corrected chi connectivity index (χ1v) is 3.99. The maximum atomic E-state index is 11.1. The number of nitrogens with one attached hydrogen (secondary N) is 1. The van der Waals surface area contributed by atoms with Crippen molar-refractivity contribution < 1.29 is 9.53 Å². The molecule has 0 saturated carbocycles. The third-order valence-corrected chi connectivity index (χ3v) is 1.36. The molecule has 0 aromatic carbocycles. The van der Waals surface area contributed by atoms with Gasteiger partial charge in [0.25, 0.3) is 0 Å². The highest BCUT2D eigenvalue weighted by atomic mass is 16.5. The van der Waals surface area contributed by atoms with Crippen LogP contribution in [0.4, 0.5) is 5.82 Å². The number of ether oxygens (including phenoxy) is 1. The van der Waals surface area contributed by atoms with E-state index >= 15 is 0 Å². The Balaban J connectivity index is 2.84. The number of aromatic nitrogens is 2. The molecule has 0 atom stereocenters. The minimum Gasteiger partial charge on any atom is -0.463 e. The first kappa shape index (κ1) is 10.4. The third kappa shape index (κ3) is 2.67. The zero-order valence-corrected chi connectivity index (χ0v) is 8.31. The van der Waals surface area contributed by atoms with Gasteiger partial charge in [-0.15, -0.1) is 0 Å². The quantitative estimate of drug-likeness (QED) is 0.548. The van der Waals surface area contributed by atoms with Crippen molar-refractivity contribution in [1.82, 2.24) is 15.0 Å². The predicted molar refractivity (Wildman–Crippen MR) is 50.7 cm³/mol. The lowest BCUT2D eigenvalue weighted by atomic mass is 10.5. The van der Waals surface area contributed by atoms with Crippen LogP contribution >= 0.6 is 0 Å². The number of methoxy groups -OCH3 is 1. The molecule has 6 heteroatoms. The normalized spacial score (nSPS) is 10.0. The second kappa shape index (κ2) is 4.52. The van der Waals surface area contributed by atoms with E-state index in [2.05, 4.69) is 20.1 Å². The van der Waals surface area contributed by atoms with Crippen molar-refractivity contribution in [3.63, 3.8) is 0 Å². The summed E-state index contributed by atoms with van der Waals surface area (Å²) in [6.45, 7) is 0. The van der Waals surface area contributed by atoms with E-state index in [0.717, 1.165) is 0 Å². The molecule has 14 heavy (non-hydrogen) atoms. The average Bonchev–Trinajstić information content (AvgIpc) is 2.16. The number of hydrogen-bond donors (Lipinski definition) is 1. The lowest BCUT2D eigenvalue weighted by Gasteiger charge is -2.12. The molecule has 1 rings (SSSR count). The SMILES string of the molecule is COC(=O)c1nccc(NN(C)C)n1. The molecule has 0 saturated heterocycles. The number of nitrogens with zero attached hydrogens (tertiary/aromatic N) is 3. The molecule has 0 aliphatic carbocycles. The zero-order chi connectivity index (χ0) is 10.6. The van der Waals surface area contributed by atoms with Crippen LogP contribution in [0.15, 0.2) is 12.3 Å². The summed E-state index contributed by atoms with van der Waals surface area (Å²) in [5, 5.41) is 1.71. The summed E-state index contributed by atoms with van der Waals surface area (Å²) >= 11 is 0. The van der Waals surface area contributed by atoms with Gasteiger partial charge in [-0.2, -0.15) is 0 Å². The van der Waals surface area contributed by atoms with Gasteiger partial charge in [0.05, 0.1) is 7.11 Å². The molecule has 76 valence electrons. The van der Waals surface area contributed by atoms with Gasteiger partial charge in [0, 0.05) is 26.4 Å². The number of carbonyl (C=O) groups excluding carboxylic acids is 1. The van der Waals surface area contributed by atoms with Crippen molar-refractivity contribution in [3.05, 3.63) is 18.1 Å². The highest BCUT2D eigenvalue weighted by molar-refractivity contribution is 5.85. The fourth-order valence-corrected chi connectivity index (χ4v) is 0.840. The maximum absolute atomic E-state index is 11.1. The number of carbonyl (C=O) groups is 1. The highest BCUT2D eigenvalue weighted by Gasteiger charge is 2.09. The summed E-state index contributed by atoms with van der Waals surface area (Å²) in [6, 6.07) is 1.66. The van der Waals surface area contributed by atoms with E-state index in [4.69, 9.17) is 0 Å². The Kier molecular flexibility index (Phi) is 3.35. The van der Waals surface area contributed by atoms with Gasteiger partial charge in [0.15, 0.2) is 0 Å². The van der Waals surface area contributed by atoms with Crippen LogP contribution in [-0.4, -0.2) is 42.2 Å². The van der Waals surface area contributed by atoms with Crippen LogP contribution in [0.2, 0.25) is 0 Å². The number of hydrazine groups is 1. The third-order valence-electron chi connectivity index (χ3n) is 1.36. The second-order valence-electron chi connectivity index (χ2n) is 2.76. The van der Waals surface area contributed by atoms with Gasteiger partial charge in [-0.25, -0.2) is 19.8 Å². The molecule has 1 heterocycles. The number of esters is 1. The van der Waals surface area contributed by atoms with E-state index in [1.165, 1.54) is 13.3 Å². The summed E-state index contributed by atoms with van der Waals surface area (Å²) < 4.78 is 4.49. The van der Waals surface area contributed by atoms with Gasteiger partial charge in [0.2, 0.25) is 5.82 Å². The lowest BCUT2D eigenvalue weighted by molar-refractivity contribution is 0.0587. The Morgan fingerprint density at radius 2 is 2.29 bits per heavy atom. The monoisotopic (exact) mass is 196 g/mol. The summed E-state index contributed by atoms with van der Waals surface area (Å²) in [4.78, 5) is 18.8. The van der Waals surface area contributed by atoms with Crippen molar-refractivity contribution in [2.45, 2.75) is 0 Å². The zero-order valence-electron chi connectivity index (χ0n) is 8.31. The molecule has 0 radical (unpaired) electrons. The topological polar surface area (TPSA) is 67.3 Å². The van der Waals surface area contributed by atoms with E-state index in [9.17, 15) is 4.79 Å². The Hall–Kier alpha value is -1.69. The van der Waals surface area contributed by atoms with Gasteiger partial charge in [-0.05, 0) is 0 Å². The number of hydrogen-bond acceptors (Lipinski definition) is 6. The van der Waals surface area contributed by atoms with Crippen LogP contribution in [0.5, 0.6) is 0 Å². The van der Waals surface area contributed by atoms with Crippen molar-refractivity contribution in [2.75, 3.05) is 26.6 Å². The minimum atomic E-state index is -0.549. The number of rotatable bonds is 3. The molecule has 0 bridgehead atoms. The van der Waals surface area contributed by atoms with Crippen LogP contribution in [0.3, 0.4) is 0 Å². The Bertz CT molecular complexity index is 327. The van der Waals surface area contributed by atoms with Crippen LogP contribution in [0.25, 0.3) is 0 Å². The molecular formula is C8H12N4O2. The van der Waals surface area contributed by atoms with Crippen molar-refractivity contribution >= 4 is 11.8 Å². The molecule has 0 aliphatic rings. The van der Waals surface area contributed by atoms with Crippen LogP contribution < -0.4 is 5.43 Å². The van der Waals surface area contributed by atoms with Gasteiger partial charge in [-0.1, -0.05) is 0 Å². The van der Waals surface area contributed by atoms with E-state index in [1.54, 1.807) is 11.1 Å². The van der Waals surface area contributed by atoms with Crippen LogP contribution in [0, 0.1) is 0 Å². The van der Waals surface area contributed by atoms with Crippen LogP contribution in [-0.2, 0) is 4.74 Å². The molecule has 0 amide bonds. The van der Waals surface area contributed by atoms with Crippen molar-refractivity contribution in [2.24, 2.45) is 0 Å². The van der Waals surface area contributed by atoms with Crippen molar-refractivity contribution in [1.29, 1.82) is 0 Å². The standard InChI is InChI=1S/C8H12N4O2/c1-12(2)11-6-4-5-9-7(10-6)8(13)14-3/h4-5H,1-3H3,(H,9,10,11). The van der Waals surface area contributed by atoms with E-state index in [0.29, 0.717) is 5.82 Å². The van der Waals surface area contributed by atoms with Gasteiger partial charge < -0.3 is 10.2 Å². The molecule has 1 aromatic rings. The minimum absolute atomic E-state index is 0.0411. The molecule has 0 fully saturated rings. The Morgan fingerprint density at radius 3 is 2.86 bits per heavy atom. The molecule has 0 unspecified atom stereocenters. The summed E-state index contributed by atoms with van der Waals surface area (Å²) in [6.07, 6.45) is 1.49. The highest BCUT2D eigenvalue weighted by Crippen LogP contribution is 2.02. The smallest absolute Gasteiger partial charge is 0.376 e. The van der Waals surface area contributed by atoms with Gasteiger partial charge in [-0.3, -0.25) is 0 Å². The van der Waals surface area contributed by atoms with Gasteiger partial charge in [0.1, 0.15) is 5.82 Å². The maximum Gasteiger partial charge on any atom is 0.376 e. The lowest BCUT2D eigenvalue weighted by Crippen LogP contribution is -2.21. The summed E-state index contributed by atoms with van der Waals surface area (Å²) in [7, 11) is 4.93. The molecule has 6 nitrogen and oxygen atoms in total. The molecule has 1 N–H and O–H groups in total. The fourth-order valence-electron chi connectivity index (χ4n) is 0.840. The predicted octanol–water partition coefficient (Wildman–Crippen LogP) is 0.152. The molecule has 0 aliphatic heterocycles. The molecule has 1 aromatic heterocycles. The largest absolute Gasteiger partial charge is 0.463 e. The van der Waals surface area contributed by atoms with Gasteiger partial charge >= 0.3 is 5.97 Å². The number of anilines is 1.